The summed E-state index contributed by atoms with van der Waals surface area (Å²) in [5.41, 5.74) is 0. The molecule has 1 aliphatic carbocycles. The molecule has 1 fully saturated rings. The monoisotopic (exact) mass is 214 g/mol. The number of aliphatic hydroxyl groups is 1. The van der Waals surface area contributed by atoms with E-state index in [0.717, 1.165) is 26.1 Å². The van der Waals surface area contributed by atoms with E-state index in [4.69, 9.17) is 0 Å². The van der Waals surface area contributed by atoms with E-state index in [2.05, 4.69) is 30.8 Å². The normalized spacial score (nSPS) is 26.8. The van der Waals surface area contributed by atoms with Crippen molar-refractivity contribution in [3.05, 3.63) is 0 Å². The summed E-state index contributed by atoms with van der Waals surface area (Å²) in [6.45, 7) is 5.52. The van der Waals surface area contributed by atoms with Gasteiger partial charge in [-0.25, -0.2) is 0 Å². The van der Waals surface area contributed by atoms with E-state index in [1.807, 2.05) is 0 Å². The van der Waals surface area contributed by atoms with Crippen LogP contribution in [0.25, 0.3) is 0 Å². The quantitative estimate of drug-likeness (QED) is 0.719. The molecule has 0 heterocycles. The standard InChI is InChI=1S/C12H26N2O/c1-4-14(10-6-9-13(2)3)11-7-5-8-12(11)15/h11-12,15H,4-10H2,1-3H3. The Balaban J connectivity index is 2.28. The van der Waals surface area contributed by atoms with Crippen LogP contribution in [-0.4, -0.2) is 60.8 Å². The maximum absolute atomic E-state index is 9.85. The number of nitrogens with zero attached hydrogens (tertiary/aromatic N) is 2. The summed E-state index contributed by atoms with van der Waals surface area (Å²) in [6, 6.07) is 0.428. The molecule has 3 heteroatoms. The van der Waals surface area contributed by atoms with Crippen molar-refractivity contribution in [2.24, 2.45) is 0 Å². The van der Waals surface area contributed by atoms with Crippen molar-refractivity contribution in [2.75, 3.05) is 33.7 Å². The fourth-order valence-electron chi connectivity index (χ4n) is 2.50. The van der Waals surface area contributed by atoms with Gasteiger partial charge in [0.05, 0.1) is 6.10 Å². The summed E-state index contributed by atoms with van der Waals surface area (Å²) in [4.78, 5) is 4.67. The highest BCUT2D eigenvalue weighted by Gasteiger charge is 2.29. The Morgan fingerprint density at radius 3 is 2.40 bits per heavy atom. The molecule has 0 amide bonds. The average molecular weight is 214 g/mol. The number of rotatable bonds is 6. The third-order valence-corrected chi connectivity index (χ3v) is 3.37. The number of aliphatic hydroxyl groups excluding tert-OH is 1. The second-order valence-corrected chi connectivity index (χ2v) is 4.85. The Kier molecular flexibility index (Phi) is 5.58. The lowest BCUT2D eigenvalue weighted by atomic mass is 10.1. The highest BCUT2D eigenvalue weighted by atomic mass is 16.3. The van der Waals surface area contributed by atoms with Gasteiger partial charge in [-0.05, 0) is 59.4 Å². The molecule has 15 heavy (non-hydrogen) atoms. The summed E-state index contributed by atoms with van der Waals surface area (Å²) in [5.74, 6) is 0. The molecule has 0 bridgehead atoms. The molecule has 2 atom stereocenters. The Hall–Kier alpha value is -0.120. The highest BCUT2D eigenvalue weighted by Crippen LogP contribution is 2.24. The summed E-state index contributed by atoms with van der Waals surface area (Å²) >= 11 is 0. The molecular weight excluding hydrogens is 188 g/mol. The molecule has 0 saturated heterocycles. The lowest BCUT2D eigenvalue weighted by Gasteiger charge is -2.30. The largest absolute Gasteiger partial charge is 0.391 e. The predicted molar refractivity (Wildman–Crippen MR) is 64.1 cm³/mol. The maximum atomic E-state index is 9.85. The first-order valence-corrected chi connectivity index (χ1v) is 6.22. The molecular formula is C12H26N2O. The zero-order valence-electron chi connectivity index (χ0n) is 10.4. The van der Waals surface area contributed by atoms with E-state index < -0.39 is 0 Å². The van der Waals surface area contributed by atoms with Crippen LogP contribution in [0, 0.1) is 0 Å². The molecule has 0 spiro atoms. The third-order valence-electron chi connectivity index (χ3n) is 3.37. The average Bonchev–Trinajstić information content (AvgIpc) is 2.59. The smallest absolute Gasteiger partial charge is 0.0695 e. The van der Waals surface area contributed by atoms with Crippen LogP contribution in [-0.2, 0) is 0 Å². The Labute approximate surface area is 94.1 Å². The van der Waals surface area contributed by atoms with E-state index in [1.54, 1.807) is 0 Å². The molecule has 90 valence electrons. The maximum Gasteiger partial charge on any atom is 0.0695 e. The first-order chi connectivity index (χ1) is 7.15. The molecule has 1 rings (SSSR count). The first-order valence-electron chi connectivity index (χ1n) is 6.22. The molecule has 0 aliphatic heterocycles. The van der Waals surface area contributed by atoms with Crippen LogP contribution >= 0.6 is 0 Å². The van der Waals surface area contributed by atoms with Gasteiger partial charge in [0.25, 0.3) is 0 Å². The van der Waals surface area contributed by atoms with Crippen molar-refractivity contribution < 1.29 is 5.11 Å². The first kappa shape index (κ1) is 12.9. The fraction of sp³-hybridized carbons (Fsp3) is 1.00. The third kappa shape index (κ3) is 4.09. The Morgan fingerprint density at radius 1 is 1.20 bits per heavy atom. The molecule has 0 radical (unpaired) electrons. The molecule has 0 aromatic carbocycles. The van der Waals surface area contributed by atoms with Gasteiger partial charge >= 0.3 is 0 Å². The summed E-state index contributed by atoms with van der Waals surface area (Å²) < 4.78 is 0. The van der Waals surface area contributed by atoms with Crippen LogP contribution in [0.1, 0.15) is 32.6 Å². The van der Waals surface area contributed by atoms with Crippen molar-refractivity contribution in [3.63, 3.8) is 0 Å². The van der Waals surface area contributed by atoms with Crippen molar-refractivity contribution >= 4 is 0 Å². The number of hydrogen-bond acceptors (Lipinski definition) is 3. The topological polar surface area (TPSA) is 26.7 Å². The minimum Gasteiger partial charge on any atom is -0.391 e. The lowest BCUT2D eigenvalue weighted by molar-refractivity contribution is 0.0719. The van der Waals surface area contributed by atoms with Crippen LogP contribution in [0.3, 0.4) is 0 Å². The summed E-state index contributed by atoms with van der Waals surface area (Å²) in [7, 11) is 4.22. The minimum atomic E-state index is -0.0793. The Bertz CT molecular complexity index is 173. The molecule has 0 aromatic heterocycles. The van der Waals surface area contributed by atoms with E-state index >= 15 is 0 Å². The van der Waals surface area contributed by atoms with E-state index in [9.17, 15) is 5.11 Å². The zero-order chi connectivity index (χ0) is 11.3. The number of hydrogen-bond donors (Lipinski definition) is 1. The van der Waals surface area contributed by atoms with Crippen LogP contribution in [0.15, 0.2) is 0 Å². The van der Waals surface area contributed by atoms with Gasteiger partial charge < -0.3 is 10.0 Å². The van der Waals surface area contributed by atoms with Crippen LogP contribution in [0.2, 0.25) is 0 Å². The van der Waals surface area contributed by atoms with Gasteiger partial charge in [-0.1, -0.05) is 6.92 Å². The van der Waals surface area contributed by atoms with Gasteiger partial charge in [0.2, 0.25) is 0 Å². The second kappa shape index (κ2) is 6.46. The summed E-state index contributed by atoms with van der Waals surface area (Å²) in [6.07, 6.45) is 4.48. The molecule has 2 unspecified atom stereocenters. The van der Waals surface area contributed by atoms with Crippen LogP contribution in [0.5, 0.6) is 0 Å². The van der Waals surface area contributed by atoms with Crippen molar-refractivity contribution in [1.29, 1.82) is 0 Å². The van der Waals surface area contributed by atoms with Crippen molar-refractivity contribution in [2.45, 2.75) is 44.8 Å². The molecule has 1 saturated carbocycles. The predicted octanol–water partition coefficient (Wildman–Crippen LogP) is 1.17. The highest BCUT2D eigenvalue weighted by molar-refractivity contribution is 4.84. The van der Waals surface area contributed by atoms with Crippen LogP contribution in [0.4, 0.5) is 0 Å². The SMILES string of the molecule is CCN(CCCN(C)C)C1CCCC1O. The van der Waals surface area contributed by atoms with Gasteiger partial charge in [0.15, 0.2) is 0 Å². The molecule has 1 aliphatic rings. The van der Waals surface area contributed by atoms with Gasteiger partial charge in [-0.15, -0.1) is 0 Å². The van der Waals surface area contributed by atoms with E-state index in [0.29, 0.717) is 6.04 Å². The molecule has 0 aromatic rings. The van der Waals surface area contributed by atoms with Gasteiger partial charge in [-0.2, -0.15) is 0 Å². The second-order valence-electron chi connectivity index (χ2n) is 4.85. The molecule has 1 N–H and O–H groups in total. The van der Waals surface area contributed by atoms with Gasteiger partial charge in [0, 0.05) is 6.04 Å². The van der Waals surface area contributed by atoms with Gasteiger partial charge in [-0.3, -0.25) is 4.90 Å². The van der Waals surface area contributed by atoms with Crippen molar-refractivity contribution in [3.8, 4) is 0 Å². The minimum absolute atomic E-state index is 0.0793. The fourth-order valence-corrected chi connectivity index (χ4v) is 2.50. The van der Waals surface area contributed by atoms with Gasteiger partial charge in [0.1, 0.15) is 0 Å². The Morgan fingerprint density at radius 2 is 1.93 bits per heavy atom. The number of likely N-dealkylation sites (N-methyl/N-ethyl adjacent to an activating group) is 1. The van der Waals surface area contributed by atoms with Crippen molar-refractivity contribution in [1.82, 2.24) is 9.80 Å². The van der Waals surface area contributed by atoms with E-state index in [-0.39, 0.29) is 6.10 Å². The summed E-state index contributed by atoms with van der Waals surface area (Å²) in [5, 5.41) is 9.85. The lowest BCUT2D eigenvalue weighted by Crippen LogP contribution is -2.41. The van der Waals surface area contributed by atoms with E-state index in [1.165, 1.54) is 19.3 Å². The molecule has 3 nitrogen and oxygen atoms in total. The zero-order valence-corrected chi connectivity index (χ0v) is 10.4. The van der Waals surface area contributed by atoms with Crippen LogP contribution < -0.4 is 0 Å².